The largest absolute Gasteiger partial charge is 0.431 e. The molecule has 1 aromatic heterocycles. The predicted molar refractivity (Wildman–Crippen MR) is 76.7 cm³/mol. The highest BCUT2D eigenvalue weighted by atomic mass is 79.9. The second kappa shape index (κ2) is 4.66. The molecule has 0 saturated heterocycles. The minimum Gasteiger partial charge on any atom is -0.431 e. The van der Waals surface area contributed by atoms with Gasteiger partial charge in [0.1, 0.15) is 5.52 Å². The number of nitrogens with two attached hydrogens (primary N) is 1. The Labute approximate surface area is 117 Å². The zero-order valence-corrected chi connectivity index (χ0v) is 11.7. The van der Waals surface area contributed by atoms with Crippen LogP contribution in [0.25, 0.3) is 11.1 Å². The highest BCUT2D eigenvalue weighted by molar-refractivity contribution is 9.10. The van der Waals surface area contributed by atoms with Crippen LogP contribution in [0.1, 0.15) is 0 Å². The summed E-state index contributed by atoms with van der Waals surface area (Å²) in [6, 6.07) is 13.5. The number of nitrogen functional groups attached to an aromatic ring is 1. The number of hydrogen-bond donors (Lipinski definition) is 1. The van der Waals surface area contributed by atoms with Crippen LogP contribution in [0.2, 0.25) is 0 Å². The van der Waals surface area contributed by atoms with Crippen molar-refractivity contribution in [3.63, 3.8) is 0 Å². The maximum Gasteiger partial charge on any atom is 0.261 e. The lowest BCUT2D eigenvalue weighted by molar-refractivity contribution is 0.489. The quantitative estimate of drug-likeness (QED) is 0.714. The van der Waals surface area contributed by atoms with Crippen molar-refractivity contribution < 1.29 is 4.42 Å². The van der Waals surface area contributed by atoms with Crippen molar-refractivity contribution in [1.29, 1.82) is 0 Å². The minimum absolute atomic E-state index is 0.623. The van der Waals surface area contributed by atoms with Gasteiger partial charge in [0.05, 0.1) is 0 Å². The Balaban J connectivity index is 1.92. The van der Waals surface area contributed by atoms with Crippen molar-refractivity contribution >= 4 is 44.5 Å². The van der Waals surface area contributed by atoms with Crippen LogP contribution in [0.4, 0.5) is 5.69 Å². The van der Waals surface area contributed by atoms with E-state index in [2.05, 4.69) is 20.9 Å². The van der Waals surface area contributed by atoms with Crippen molar-refractivity contribution in [3.05, 3.63) is 46.9 Å². The third-order valence-corrected chi connectivity index (χ3v) is 3.80. The molecule has 0 radical (unpaired) electrons. The molecule has 1 heterocycles. The topological polar surface area (TPSA) is 52.0 Å². The van der Waals surface area contributed by atoms with Crippen LogP contribution in [0.5, 0.6) is 0 Å². The Hall–Kier alpha value is -1.46. The van der Waals surface area contributed by atoms with Crippen LogP contribution >= 0.6 is 27.7 Å². The Morgan fingerprint density at radius 1 is 1.11 bits per heavy atom. The second-order valence-corrected chi connectivity index (χ2v) is 5.70. The number of hydrogen-bond acceptors (Lipinski definition) is 4. The molecule has 3 rings (SSSR count). The first kappa shape index (κ1) is 11.6. The van der Waals surface area contributed by atoms with Gasteiger partial charge >= 0.3 is 0 Å². The number of benzene rings is 2. The van der Waals surface area contributed by atoms with Gasteiger partial charge in [0.2, 0.25) is 0 Å². The standard InChI is InChI=1S/C13H9BrN2OS/c14-8-1-4-10(5-2-8)18-13-16-11-7-9(15)3-6-12(11)17-13/h1-7H,15H2. The molecular formula is C13H9BrN2OS. The molecular weight excluding hydrogens is 312 g/mol. The molecule has 18 heavy (non-hydrogen) atoms. The molecule has 0 aliphatic carbocycles. The molecule has 2 aromatic carbocycles. The summed E-state index contributed by atoms with van der Waals surface area (Å²) in [5.41, 5.74) is 7.94. The molecule has 0 spiro atoms. The predicted octanol–water partition coefficient (Wildman–Crippen LogP) is 4.32. The van der Waals surface area contributed by atoms with E-state index in [1.54, 1.807) is 0 Å². The van der Waals surface area contributed by atoms with Crippen molar-refractivity contribution in [3.8, 4) is 0 Å². The molecule has 2 N–H and O–H groups in total. The zero-order valence-electron chi connectivity index (χ0n) is 9.26. The van der Waals surface area contributed by atoms with E-state index in [1.165, 1.54) is 11.8 Å². The number of rotatable bonds is 2. The number of nitrogens with zero attached hydrogens (tertiary/aromatic N) is 1. The van der Waals surface area contributed by atoms with E-state index >= 15 is 0 Å². The molecule has 0 saturated carbocycles. The van der Waals surface area contributed by atoms with Crippen LogP contribution in [-0.4, -0.2) is 4.98 Å². The molecule has 0 atom stereocenters. The fourth-order valence-electron chi connectivity index (χ4n) is 1.57. The van der Waals surface area contributed by atoms with Crippen molar-refractivity contribution in [2.45, 2.75) is 10.1 Å². The van der Waals surface area contributed by atoms with E-state index in [0.717, 1.165) is 20.5 Å². The van der Waals surface area contributed by atoms with Crippen LogP contribution in [0.15, 0.2) is 61.5 Å². The normalized spacial score (nSPS) is 10.9. The van der Waals surface area contributed by atoms with Crippen LogP contribution in [0, 0.1) is 0 Å². The first-order chi connectivity index (χ1) is 8.70. The molecule has 0 aliphatic heterocycles. The summed E-state index contributed by atoms with van der Waals surface area (Å²) in [6.45, 7) is 0. The number of halogens is 1. The molecule has 3 aromatic rings. The Morgan fingerprint density at radius 2 is 1.89 bits per heavy atom. The first-order valence-corrected chi connectivity index (χ1v) is 6.91. The van der Waals surface area contributed by atoms with Gasteiger partial charge in [-0.15, -0.1) is 0 Å². The van der Waals surface area contributed by atoms with Crippen LogP contribution in [0.3, 0.4) is 0 Å². The minimum atomic E-state index is 0.623. The number of fused-ring (bicyclic) bond motifs is 1. The lowest BCUT2D eigenvalue weighted by Gasteiger charge is -1.96. The van der Waals surface area contributed by atoms with E-state index in [1.807, 2.05) is 42.5 Å². The molecule has 0 aliphatic rings. The highest BCUT2D eigenvalue weighted by Crippen LogP contribution is 2.31. The van der Waals surface area contributed by atoms with Gasteiger partial charge < -0.3 is 10.2 Å². The first-order valence-electron chi connectivity index (χ1n) is 5.30. The zero-order chi connectivity index (χ0) is 12.5. The van der Waals surface area contributed by atoms with E-state index < -0.39 is 0 Å². The van der Waals surface area contributed by atoms with Gasteiger partial charge in [0.25, 0.3) is 5.22 Å². The number of oxazole rings is 1. The van der Waals surface area contributed by atoms with Crippen LogP contribution < -0.4 is 5.73 Å². The number of anilines is 1. The lowest BCUT2D eigenvalue weighted by Crippen LogP contribution is -1.82. The third kappa shape index (κ3) is 2.37. The van der Waals surface area contributed by atoms with E-state index in [-0.39, 0.29) is 0 Å². The highest BCUT2D eigenvalue weighted by Gasteiger charge is 2.07. The van der Waals surface area contributed by atoms with E-state index in [4.69, 9.17) is 10.2 Å². The van der Waals surface area contributed by atoms with Gasteiger partial charge in [-0.3, -0.25) is 0 Å². The van der Waals surface area contributed by atoms with E-state index in [0.29, 0.717) is 10.9 Å². The fraction of sp³-hybridized carbons (Fsp3) is 0. The van der Waals surface area contributed by atoms with Gasteiger partial charge in [-0.05, 0) is 54.2 Å². The van der Waals surface area contributed by atoms with Gasteiger partial charge in [-0.25, -0.2) is 4.98 Å². The van der Waals surface area contributed by atoms with Gasteiger partial charge in [-0.1, -0.05) is 15.9 Å². The monoisotopic (exact) mass is 320 g/mol. The molecule has 0 unspecified atom stereocenters. The second-order valence-electron chi connectivity index (χ2n) is 3.76. The summed E-state index contributed by atoms with van der Waals surface area (Å²) in [6.07, 6.45) is 0. The number of aromatic nitrogens is 1. The smallest absolute Gasteiger partial charge is 0.261 e. The van der Waals surface area contributed by atoms with Crippen LogP contribution in [-0.2, 0) is 0 Å². The maximum atomic E-state index is 5.71. The van der Waals surface area contributed by atoms with Gasteiger partial charge in [0, 0.05) is 15.1 Å². The molecule has 0 bridgehead atoms. The summed E-state index contributed by atoms with van der Waals surface area (Å²) in [7, 11) is 0. The van der Waals surface area contributed by atoms with Crippen molar-refractivity contribution in [2.24, 2.45) is 0 Å². The lowest BCUT2D eigenvalue weighted by atomic mass is 10.3. The Bertz CT molecular complexity index is 694. The van der Waals surface area contributed by atoms with Gasteiger partial charge in [0.15, 0.2) is 5.58 Å². The molecule has 5 heteroatoms. The average molecular weight is 321 g/mol. The summed E-state index contributed by atoms with van der Waals surface area (Å²) >= 11 is 4.89. The van der Waals surface area contributed by atoms with Crippen molar-refractivity contribution in [1.82, 2.24) is 4.98 Å². The summed E-state index contributed by atoms with van der Waals surface area (Å²) in [5.74, 6) is 0. The SMILES string of the molecule is Nc1ccc2oc(Sc3ccc(Br)cc3)nc2c1. The fourth-order valence-corrected chi connectivity index (χ4v) is 2.58. The molecule has 0 amide bonds. The maximum absolute atomic E-state index is 5.71. The van der Waals surface area contributed by atoms with Crippen molar-refractivity contribution in [2.75, 3.05) is 5.73 Å². The summed E-state index contributed by atoms with van der Waals surface area (Å²) < 4.78 is 6.69. The summed E-state index contributed by atoms with van der Waals surface area (Å²) in [4.78, 5) is 5.48. The molecule has 0 fully saturated rings. The average Bonchev–Trinajstić information content (AvgIpc) is 2.73. The van der Waals surface area contributed by atoms with E-state index in [9.17, 15) is 0 Å². The molecule has 3 nitrogen and oxygen atoms in total. The molecule has 90 valence electrons. The van der Waals surface area contributed by atoms with Gasteiger partial charge in [-0.2, -0.15) is 0 Å². The Kier molecular flexibility index (Phi) is 3.01. The third-order valence-electron chi connectivity index (χ3n) is 2.41. The summed E-state index contributed by atoms with van der Waals surface area (Å²) in [5, 5.41) is 0.623. The Morgan fingerprint density at radius 3 is 2.67 bits per heavy atom.